The number of aryl methyl sites for hydroxylation is 1. The van der Waals surface area contributed by atoms with Gasteiger partial charge in [0.1, 0.15) is 11.5 Å². The molecule has 0 saturated heterocycles. The van der Waals surface area contributed by atoms with E-state index >= 15 is 0 Å². The monoisotopic (exact) mass is 339 g/mol. The molecular weight excluding hydrogens is 314 g/mol. The van der Waals surface area contributed by atoms with Crippen molar-refractivity contribution >= 4 is 12.0 Å². The van der Waals surface area contributed by atoms with Crippen molar-refractivity contribution in [1.29, 1.82) is 0 Å². The van der Waals surface area contributed by atoms with Crippen molar-refractivity contribution in [3.05, 3.63) is 65.2 Å². The summed E-state index contributed by atoms with van der Waals surface area (Å²) in [6, 6.07) is 13.7. The zero-order chi connectivity index (χ0) is 18.2. The second-order valence-electron chi connectivity index (χ2n) is 5.85. The van der Waals surface area contributed by atoms with E-state index in [1.54, 1.807) is 31.2 Å². The molecule has 0 fully saturated rings. The smallest absolute Gasteiger partial charge is 0.246 e. The van der Waals surface area contributed by atoms with Gasteiger partial charge in [-0.25, -0.2) is 0 Å². The van der Waals surface area contributed by atoms with Crippen LogP contribution in [0.1, 0.15) is 23.6 Å². The first-order valence-electron chi connectivity index (χ1n) is 8.33. The first-order valence-corrected chi connectivity index (χ1v) is 8.33. The number of benzene rings is 2. The Kier molecular flexibility index (Phi) is 6.63. The van der Waals surface area contributed by atoms with Crippen LogP contribution in [0.2, 0.25) is 0 Å². The second kappa shape index (κ2) is 8.92. The van der Waals surface area contributed by atoms with E-state index in [-0.39, 0.29) is 5.91 Å². The van der Waals surface area contributed by atoms with E-state index in [1.165, 1.54) is 0 Å². The molecule has 1 amide bonds. The van der Waals surface area contributed by atoms with Crippen molar-refractivity contribution in [3.63, 3.8) is 0 Å². The number of nitrogens with zero attached hydrogens (tertiary/aromatic N) is 1. The highest BCUT2D eigenvalue weighted by molar-refractivity contribution is 5.92. The van der Waals surface area contributed by atoms with Gasteiger partial charge in [-0.15, -0.1) is 0 Å². The lowest BCUT2D eigenvalue weighted by Crippen LogP contribution is -2.24. The average Bonchev–Trinajstić information content (AvgIpc) is 2.61. The topological polar surface area (TPSA) is 38.8 Å². The number of amides is 1. The van der Waals surface area contributed by atoms with Gasteiger partial charge in [0, 0.05) is 25.2 Å². The van der Waals surface area contributed by atoms with Crippen LogP contribution in [-0.4, -0.2) is 31.6 Å². The van der Waals surface area contributed by atoms with Crippen LogP contribution in [-0.2, 0) is 11.3 Å². The van der Waals surface area contributed by atoms with Crippen molar-refractivity contribution in [3.8, 4) is 11.5 Å². The number of carbonyl (C=O) groups excluding carboxylic acids is 1. The van der Waals surface area contributed by atoms with E-state index < -0.39 is 0 Å². The predicted octanol–water partition coefficient (Wildman–Crippen LogP) is 4.07. The standard InChI is InChI=1S/C21H25NO3/c1-5-25-19-10-7-17(8-11-19)15-22(3)21(23)13-9-18-14-16(2)6-12-20(18)24-4/h6-14H,5,15H2,1-4H3/b13-9+. The van der Waals surface area contributed by atoms with Crippen molar-refractivity contribution < 1.29 is 14.3 Å². The van der Waals surface area contributed by atoms with Crippen LogP contribution < -0.4 is 9.47 Å². The molecule has 0 aliphatic carbocycles. The van der Waals surface area contributed by atoms with Crippen molar-refractivity contribution in [1.82, 2.24) is 4.90 Å². The van der Waals surface area contributed by atoms with E-state index in [9.17, 15) is 4.79 Å². The molecule has 0 radical (unpaired) electrons. The van der Waals surface area contributed by atoms with Gasteiger partial charge >= 0.3 is 0 Å². The summed E-state index contributed by atoms with van der Waals surface area (Å²) < 4.78 is 10.8. The minimum Gasteiger partial charge on any atom is -0.496 e. The number of rotatable bonds is 7. The van der Waals surface area contributed by atoms with Gasteiger partial charge in [-0.2, -0.15) is 0 Å². The predicted molar refractivity (Wildman–Crippen MR) is 101 cm³/mol. The first kappa shape index (κ1) is 18.6. The summed E-state index contributed by atoms with van der Waals surface area (Å²) in [6.07, 6.45) is 3.37. The Morgan fingerprint density at radius 1 is 1.16 bits per heavy atom. The molecule has 0 aliphatic rings. The molecule has 2 aromatic carbocycles. The van der Waals surface area contributed by atoms with Gasteiger partial charge < -0.3 is 14.4 Å². The number of hydrogen-bond donors (Lipinski definition) is 0. The maximum Gasteiger partial charge on any atom is 0.246 e. The fourth-order valence-corrected chi connectivity index (χ4v) is 2.48. The third kappa shape index (κ3) is 5.38. The minimum absolute atomic E-state index is 0.0579. The van der Waals surface area contributed by atoms with Gasteiger partial charge in [0.2, 0.25) is 5.91 Å². The van der Waals surface area contributed by atoms with Crippen LogP contribution in [0, 0.1) is 6.92 Å². The summed E-state index contributed by atoms with van der Waals surface area (Å²) in [7, 11) is 3.42. The number of carbonyl (C=O) groups is 1. The van der Waals surface area contributed by atoms with Gasteiger partial charge in [0.25, 0.3) is 0 Å². The van der Waals surface area contributed by atoms with Crippen LogP contribution in [0.3, 0.4) is 0 Å². The van der Waals surface area contributed by atoms with Crippen molar-refractivity contribution in [2.75, 3.05) is 20.8 Å². The largest absolute Gasteiger partial charge is 0.496 e. The molecule has 2 rings (SSSR count). The number of likely N-dealkylation sites (N-methyl/N-ethyl adjacent to an activating group) is 1. The number of hydrogen-bond acceptors (Lipinski definition) is 3. The third-order valence-corrected chi connectivity index (χ3v) is 3.82. The summed E-state index contributed by atoms with van der Waals surface area (Å²) >= 11 is 0. The van der Waals surface area contributed by atoms with Crippen LogP contribution in [0.15, 0.2) is 48.5 Å². The highest BCUT2D eigenvalue weighted by Crippen LogP contribution is 2.21. The average molecular weight is 339 g/mol. The van der Waals surface area contributed by atoms with Gasteiger partial charge in [-0.1, -0.05) is 23.8 Å². The Morgan fingerprint density at radius 3 is 2.52 bits per heavy atom. The van der Waals surface area contributed by atoms with Crippen molar-refractivity contribution in [2.24, 2.45) is 0 Å². The van der Waals surface area contributed by atoms with Gasteiger partial charge in [0.15, 0.2) is 0 Å². The molecule has 0 atom stereocenters. The van der Waals surface area contributed by atoms with E-state index in [2.05, 4.69) is 0 Å². The van der Waals surface area contributed by atoms with E-state index in [1.807, 2.05) is 56.3 Å². The Bertz CT molecular complexity index is 735. The molecule has 0 spiro atoms. The lowest BCUT2D eigenvalue weighted by molar-refractivity contribution is -0.125. The zero-order valence-corrected chi connectivity index (χ0v) is 15.3. The first-order chi connectivity index (χ1) is 12.0. The van der Waals surface area contributed by atoms with Crippen LogP contribution in [0.4, 0.5) is 0 Å². The summed E-state index contributed by atoms with van der Waals surface area (Å²) in [4.78, 5) is 14.0. The number of methoxy groups -OCH3 is 1. The fourth-order valence-electron chi connectivity index (χ4n) is 2.48. The molecule has 2 aromatic rings. The van der Waals surface area contributed by atoms with Crippen LogP contribution in [0.5, 0.6) is 11.5 Å². The molecule has 132 valence electrons. The third-order valence-electron chi connectivity index (χ3n) is 3.82. The van der Waals surface area contributed by atoms with Crippen LogP contribution in [0.25, 0.3) is 6.08 Å². The Hall–Kier alpha value is -2.75. The lowest BCUT2D eigenvalue weighted by Gasteiger charge is -2.15. The van der Waals surface area contributed by atoms with Gasteiger partial charge in [-0.05, 0) is 49.8 Å². The van der Waals surface area contributed by atoms with Gasteiger partial charge in [0.05, 0.1) is 13.7 Å². The quantitative estimate of drug-likeness (QED) is 0.714. The lowest BCUT2D eigenvalue weighted by atomic mass is 10.1. The Labute approximate surface area is 149 Å². The Morgan fingerprint density at radius 2 is 1.88 bits per heavy atom. The summed E-state index contributed by atoms with van der Waals surface area (Å²) in [6.45, 7) is 5.15. The summed E-state index contributed by atoms with van der Waals surface area (Å²) in [5.41, 5.74) is 3.07. The molecule has 4 nitrogen and oxygen atoms in total. The molecule has 0 saturated carbocycles. The SMILES string of the molecule is CCOc1ccc(CN(C)C(=O)/C=C/c2cc(C)ccc2OC)cc1. The number of ether oxygens (including phenoxy) is 2. The highest BCUT2D eigenvalue weighted by Gasteiger charge is 2.07. The van der Waals surface area contributed by atoms with E-state index in [4.69, 9.17) is 9.47 Å². The molecule has 0 unspecified atom stereocenters. The highest BCUT2D eigenvalue weighted by atomic mass is 16.5. The molecule has 0 aliphatic heterocycles. The molecule has 25 heavy (non-hydrogen) atoms. The summed E-state index contributed by atoms with van der Waals surface area (Å²) in [5, 5.41) is 0. The molecule has 0 bridgehead atoms. The Balaban J connectivity index is 2.01. The van der Waals surface area contributed by atoms with Crippen molar-refractivity contribution in [2.45, 2.75) is 20.4 Å². The molecule has 0 heterocycles. The molecule has 0 N–H and O–H groups in total. The minimum atomic E-state index is -0.0579. The van der Waals surface area contributed by atoms with E-state index in [0.717, 1.165) is 28.2 Å². The van der Waals surface area contributed by atoms with Gasteiger partial charge in [-0.3, -0.25) is 4.79 Å². The normalized spacial score (nSPS) is 10.7. The second-order valence-corrected chi connectivity index (χ2v) is 5.85. The molecule has 0 aromatic heterocycles. The van der Waals surface area contributed by atoms with Crippen LogP contribution >= 0.6 is 0 Å². The summed E-state index contributed by atoms with van der Waals surface area (Å²) in [5.74, 6) is 1.54. The molecular formula is C21H25NO3. The fraction of sp³-hybridized carbons (Fsp3) is 0.286. The zero-order valence-electron chi connectivity index (χ0n) is 15.3. The maximum atomic E-state index is 12.3. The van der Waals surface area contributed by atoms with E-state index in [0.29, 0.717) is 13.2 Å². The molecule has 4 heteroatoms. The maximum absolute atomic E-state index is 12.3.